The molecule has 0 spiro atoms. The molecule has 8 nitrogen and oxygen atoms in total. The molecule has 2 aromatic carbocycles. The number of amides is 2. The molecule has 0 heterocycles. The molecule has 2 aromatic rings. The zero-order valence-electron chi connectivity index (χ0n) is 26.2. The summed E-state index contributed by atoms with van der Waals surface area (Å²) in [5.41, 5.74) is 4.64. The number of aromatic hydroxyl groups is 2. The van der Waals surface area contributed by atoms with Crippen LogP contribution in [0.1, 0.15) is 102 Å². The van der Waals surface area contributed by atoms with E-state index in [0.717, 1.165) is 33.4 Å². The number of alkyl carbamates (subject to hydrolysis) is 2. The Morgan fingerprint density at radius 2 is 1.05 bits per heavy atom. The Kier molecular flexibility index (Phi) is 12.4. The van der Waals surface area contributed by atoms with Crippen LogP contribution >= 0.6 is 0 Å². The van der Waals surface area contributed by atoms with Gasteiger partial charge in [0, 0.05) is 19.5 Å². The molecule has 0 atom stereocenters. The number of hydrogen-bond acceptors (Lipinski definition) is 6. The Morgan fingerprint density at radius 1 is 0.683 bits per heavy atom. The van der Waals surface area contributed by atoms with Crippen LogP contribution in [-0.4, -0.2) is 48.7 Å². The summed E-state index contributed by atoms with van der Waals surface area (Å²) in [5.74, 6) is 0.467. The largest absolute Gasteiger partial charge is 0.507 e. The molecular weight excluding hydrogens is 520 g/mol. The number of phenolic OH excluding ortho intramolecular Hbond substituents is 2. The van der Waals surface area contributed by atoms with Crippen molar-refractivity contribution in [1.29, 1.82) is 0 Å². The van der Waals surface area contributed by atoms with Crippen LogP contribution in [0.3, 0.4) is 0 Å². The normalized spacial score (nSPS) is 11.7. The molecule has 0 aromatic heterocycles. The Labute approximate surface area is 245 Å². The van der Waals surface area contributed by atoms with Gasteiger partial charge in [0.25, 0.3) is 0 Å². The summed E-state index contributed by atoms with van der Waals surface area (Å²) < 4.78 is 10.5. The number of carbonyl (C=O) groups excluding carboxylic acids is 2. The second kappa shape index (κ2) is 15.0. The minimum atomic E-state index is -0.421. The maximum Gasteiger partial charge on any atom is 0.407 e. The molecule has 2 rings (SSSR count). The van der Waals surface area contributed by atoms with E-state index in [-0.39, 0.29) is 22.3 Å². The first-order valence-electron chi connectivity index (χ1n) is 14.7. The van der Waals surface area contributed by atoms with Gasteiger partial charge in [0.15, 0.2) is 0 Å². The van der Waals surface area contributed by atoms with E-state index >= 15 is 0 Å². The predicted octanol–water partition coefficient (Wildman–Crippen LogP) is 6.64. The van der Waals surface area contributed by atoms with E-state index in [1.807, 2.05) is 38.1 Å². The highest BCUT2D eigenvalue weighted by Gasteiger charge is 2.25. The van der Waals surface area contributed by atoms with Crippen LogP contribution in [0, 0.1) is 0 Å². The third-order valence-electron chi connectivity index (χ3n) is 6.82. The Bertz CT molecular complexity index is 1090. The molecule has 8 heteroatoms. The number of ether oxygens (including phenoxy) is 2. The van der Waals surface area contributed by atoms with Crippen molar-refractivity contribution in [2.75, 3.05) is 26.3 Å². The fourth-order valence-corrected chi connectivity index (χ4v) is 4.70. The molecule has 0 saturated heterocycles. The lowest BCUT2D eigenvalue weighted by atomic mass is 9.81. The van der Waals surface area contributed by atoms with Gasteiger partial charge in [0.1, 0.15) is 11.5 Å². The van der Waals surface area contributed by atoms with Gasteiger partial charge in [-0.2, -0.15) is 0 Å². The lowest BCUT2D eigenvalue weighted by Crippen LogP contribution is -2.24. The van der Waals surface area contributed by atoms with Crippen LogP contribution < -0.4 is 10.6 Å². The van der Waals surface area contributed by atoms with Gasteiger partial charge in [0.2, 0.25) is 0 Å². The molecule has 0 aliphatic carbocycles. The standard InChI is InChI=1S/C33H50N2O6/c1-9-34-30(38)40-15-11-13-22-17-24(28(36)26(19-22)32(3,4)5)21-25-18-23(14-12-16-41-31(39)35-10-2)20-27(29(25)37)33(6,7)8/h17-20,36-37H,9-16,21H2,1-8H3,(H,34,38)(H,35,39). The highest BCUT2D eigenvalue weighted by molar-refractivity contribution is 5.67. The summed E-state index contributed by atoms with van der Waals surface area (Å²) in [4.78, 5) is 23.2. The zero-order valence-corrected chi connectivity index (χ0v) is 26.2. The van der Waals surface area contributed by atoms with E-state index in [1.54, 1.807) is 0 Å². The van der Waals surface area contributed by atoms with Gasteiger partial charge in [-0.15, -0.1) is 0 Å². The quantitative estimate of drug-likeness (QED) is 0.213. The van der Waals surface area contributed by atoms with E-state index in [9.17, 15) is 19.8 Å². The minimum Gasteiger partial charge on any atom is -0.507 e. The highest BCUT2D eigenvalue weighted by Crippen LogP contribution is 2.39. The number of carbonyl (C=O) groups is 2. The fourth-order valence-electron chi connectivity index (χ4n) is 4.70. The van der Waals surface area contributed by atoms with E-state index in [2.05, 4.69) is 52.2 Å². The van der Waals surface area contributed by atoms with Gasteiger partial charge >= 0.3 is 12.2 Å². The fraction of sp³-hybridized carbons (Fsp3) is 0.576. The van der Waals surface area contributed by atoms with Crippen molar-refractivity contribution in [1.82, 2.24) is 10.6 Å². The monoisotopic (exact) mass is 570 g/mol. The summed E-state index contributed by atoms with van der Waals surface area (Å²) in [7, 11) is 0. The molecule has 0 aliphatic heterocycles. The van der Waals surface area contributed by atoms with Gasteiger partial charge in [-0.25, -0.2) is 9.59 Å². The second-order valence-electron chi connectivity index (χ2n) is 12.5. The molecule has 0 bridgehead atoms. The van der Waals surface area contributed by atoms with Crippen molar-refractivity contribution >= 4 is 12.2 Å². The van der Waals surface area contributed by atoms with Crippen LogP contribution in [0.25, 0.3) is 0 Å². The van der Waals surface area contributed by atoms with Crippen molar-refractivity contribution in [3.8, 4) is 11.5 Å². The van der Waals surface area contributed by atoms with E-state index in [0.29, 0.717) is 58.4 Å². The van der Waals surface area contributed by atoms with Crippen LogP contribution in [0.4, 0.5) is 9.59 Å². The van der Waals surface area contributed by atoms with E-state index in [4.69, 9.17) is 9.47 Å². The van der Waals surface area contributed by atoms with E-state index < -0.39 is 12.2 Å². The SMILES string of the molecule is CCNC(=O)OCCCc1cc(Cc2cc(CCCOC(=O)NCC)cc(C(C)(C)C)c2O)c(O)c(C(C)(C)C)c1. The average molecular weight is 571 g/mol. The van der Waals surface area contributed by atoms with Crippen molar-refractivity contribution in [2.45, 2.75) is 98.3 Å². The number of aryl methyl sites for hydroxylation is 2. The minimum absolute atomic E-state index is 0.234. The first-order chi connectivity index (χ1) is 19.2. The topological polar surface area (TPSA) is 117 Å². The summed E-state index contributed by atoms with van der Waals surface area (Å²) in [5, 5.41) is 28.0. The Balaban J connectivity index is 2.37. The Hall–Kier alpha value is -3.42. The predicted molar refractivity (Wildman–Crippen MR) is 163 cm³/mol. The summed E-state index contributed by atoms with van der Waals surface area (Å²) >= 11 is 0. The van der Waals surface area contributed by atoms with Crippen LogP contribution in [0.5, 0.6) is 11.5 Å². The first kappa shape index (κ1) is 33.8. The third kappa shape index (κ3) is 10.5. The van der Waals surface area contributed by atoms with Gasteiger partial charge < -0.3 is 30.3 Å². The van der Waals surface area contributed by atoms with Crippen molar-refractivity contribution in [2.24, 2.45) is 0 Å². The molecule has 0 unspecified atom stereocenters. The Morgan fingerprint density at radius 3 is 1.37 bits per heavy atom. The molecule has 2 amide bonds. The maximum atomic E-state index is 11.6. The number of hydrogen-bond donors (Lipinski definition) is 4. The van der Waals surface area contributed by atoms with Crippen LogP contribution in [0.15, 0.2) is 24.3 Å². The molecule has 0 saturated carbocycles. The van der Waals surface area contributed by atoms with Gasteiger partial charge in [-0.3, -0.25) is 0 Å². The summed E-state index contributed by atoms with van der Waals surface area (Å²) in [6.07, 6.45) is 2.18. The molecule has 0 aliphatic rings. The number of phenols is 2. The zero-order chi connectivity index (χ0) is 30.8. The average Bonchev–Trinajstić information content (AvgIpc) is 2.86. The number of benzene rings is 2. The molecule has 41 heavy (non-hydrogen) atoms. The van der Waals surface area contributed by atoms with Crippen LogP contribution in [-0.2, 0) is 39.6 Å². The van der Waals surface area contributed by atoms with Gasteiger partial charge in [0.05, 0.1) is 13.2 Å². The molecule has 4 N–H and O–H groups in total. The summed E-state index contributed by atoms with van der Waals surface area (Å²) in [6, 6.07) is 8.02. The van der Waals surface area contributed by atoms with Crippen LogP contribution in [0.2, 0.25) is 0 Å². The molecule has 0 fully saturated rings. The molecule has 228 valence electrons. The van der Waals surface area contributed by atoms with Gasteiger partial charge in [-0.1, -0.05) is 65.8 Å². The van der Waals surface area contributed by atoms with Crippen molar-refractivity contribution < 1.29 is 29.3 Å². The molecule has 0 radical (unpaired) electrons. The lowest BCUT2D eigenvalue weighted by Gasteiger charge is -2.25. The van der Waals surface area contributed by atoms with E-state index in [1.165, 1.54) is 0 Å². The lowest BCUT2D eigenvalue weighted by molar-refractivity contribution is 0.144. The van der Waals surface area contributed by atoms with Gasteiger partial charge in [-0.05, 0) is 83.7 Å². The molecular formula is C33H50N2O6. The summed E-state index contributed by atoms with van der Waals surface area (Å²) in [6.45, 7) is 17.7. The smallest absolute Gasteiger partial charge is 0.407 e. The first-order valence-corrected chi connectivity index (χ1v) is 14.7. The van der Waals surface area contributed by atoms with Crippen molar-refractivity contribution in [3.05, 3.63) is 57.6 Å². The number of nitrogens with one attached hydrogen (secondary N) is 2. The number of rotatable bonds is 12. The highest BCUT2D eigenvalue weighted by atomic mass is 16.6. The second-order valence-corrected chi connectivity index (χ2v) is 12.5. The maximum absolute atomic E-state index is 11.6. The third-order valence-corrected chi connectivity index (χ3v) is 6.82. The van der Waals surface area contributed by atoms with Crippen molar-refractivity contribution in [3.63, 3.8) is 0 Å².